The van der Waals surface area contributed by atoms with E-state index in [0.29, 0.717) is 22.7 Å². The van der Waals surface area contributed by atoms with Gasteiger partial charge in [0.25, 0.3) is 5.78 Å². The first-order valence-corrected chi connectivity index (χ1v) is 13.1. The topological polar surface area (TPSA) is 79.7 Å². The van der Waals surface area contributed by atoms with Crippen molar-refractivity contribution in [3.63, 3.8) is 0 Å². The Bertz CT molecular complexity index is 1590. The summed E-state index contributed by atoms with van der Waals surface area (Å²) in [5.41, 5.74) is 4.02. The third kappa shape index (κ3) is 3.72. The molecule has 0 spiro atoms. The summed E-state index contributed by atoms with van der Waals surface area (Å²) in [6.45, 7) is 3.98. The number of halogens is 1. The Morgan fingerprint density at radius 3 is 2.67 bits per heavy atom. The molecule has 36 heavy (non-hydrogen) atoms. The highest BCUT2D eigenvalue weighted by Crippen LogP contribution is 2.45. The zero-order valence-electron chi connectivity index (χ0n) is 19.5. The van der Waals surface area contributed by atoms with E-state index in [1.54, 1.807) is 12.1 Å². The molecule has 2 aliphatic heterocycles. The molecule has 2 aliphatic rings. The minimum atomic E-state index is -0.816. The number of amides is 1. The molecule has 1 fully saturated rings. The van der Waals surface area contributed by atoms with E-state index in [0.717, 1.165) is 31.6 Å². The molecule has 1 saturated heterocycles. The summed E-state index contributed by atoms with van der Waals surface area (Å²) in [7, 11) is 0. The number of aryl methyl sites for hydroxylation is 1. The van der Waals surface area contributed by atoms with Crippen molar-refractivity contribution >= 4 is 60.1 Å². The number of fused-ring (bicyclic) bond motifs is 2. The molecular weight excluding hydrogens is 540 g/mol. The highest BCUT2D eigenvalue weighted by Gasteiger charge is 2.48. The maximum atomic E-state index is 13.4. The van der Waals surface area contributed by atoms with Gasteiger partial charge >= 0.3 is 5.91 Å². The number of nitrogens with zero attached hydrogens (tertiary/aromatic N) is 2. The van der Waals surface area contributed by atoms with Crippen LogP contribution in [-0.2, 0) is 16.0 Å². The third-order valence-electron chi connectivity index (χ3n) is 6.54. The summed E-state index contributed by atoms with van der Waals surface area (Å²) in [6.07, 6.45) is 0.764. The van der Waals surface area contributed by atoms with Gasteiger partial charge in [-0.2, -0.15) is 0 Å². The molecule has 0 bridgehead atoms. The van der Waals surface area contributed by atoms with E-state index < -0.39 is 17.7 Å². The van der Waals surface area contributed by atoms with Gasteiger partial charge in [-0.3, -0.25) is 14.5 Å². The molecule has 2 atom stereocenters. The Morgan fingerprint density at radius 2 is 1.89 bits per heavy atom. The Balaban J connectivity index is 1.53. The van der Waals surface area contributed by atoms with Crippen LogP contribution in [0.25, 0.3) is 16.0 Å². The maximum Gasteiger partial charge on any atom is 0.301 e. The largest absolute Gasteiger partial charge is 0.507 e. The molecule has 1 N–H and O–H groups in total. The second-order valence-corrected chi connectivity index (χ2v) is 11.1. The van der Waals surface area contributed by atoms with Crippen molar-refractivity contribution in [1.82, 2.24) is 4.98 Å². The van der Waals surface area contributed by atoms with Crippen LogP contribution < -0.4 is 9.64 Å². The van der Waals surface area contributed by atoms with Crippen molar-refractivity contribution in [2.24, 2.45) is 0 Å². The monoisotopic (exact) mass is 560 g/mol. The first-order valence-electron chi connectivity index (χ1n) is 11.5. The predicted octanol–water partition coefficient (Wildman–Crippen LogP) is 6.32. The van der Waals surface area contributed by atoms with Crippen LogP contribution in [0.2, 0.25) is 0 Å². The van der Waals surface area contributed by atoms with Gasteiger partial charge in [0.05, 0.1) is 21.8 Å². The van der Waals surface area contributed by atoms with Gasteiger partial charge in [-0.15, -0.1) is 0 Å². The SMILES string of the molecule is Cc1ccc2nc(N3C(=O)C(=O)/C(=C(/O)c4ccc5c(c4)C[C@H](C)O5)[C@@H]3c3ccc(Br)cc3)sc2c1. The smallest absolute Gasteiger partial charge is 0.301 e. The number of thiazole rings is 1. The molecule has 3 aromatic carbocycles. The zero-order valence-corrected chi connectivity index (χ0v) is 21.9. The quantitative estimate of drug-likeness (QED) is 0.180. The Labute approximate surface area is 220 Å². The summed E-state index contributed by atoms with van der Waals surface area (Å²) < 4.78 is 7.57. The van der Waals surface area contributed by atoms with Gasteiger partial charge in [0.15, 0.2) is 5.13 Å². The lowest BCUT2D eigenvalue weighted by atomic mass is 9.94. The molecule has 0 saturated carbocycles. The molecule has 6 rings (SSSR count). The fourth-order valence-corrected chi connectivity index (χ4v) is 6.19. The minimum Gasteiger partial charge on any atom is -0.507 e. The van der Waals surface area contributed by atoms with Crippen LogP contribution in [0.15, 0.2) is 70.7 Å². The molecule has 1 amide bonds. The number of benzene rings is 3. The van der Waals surface area contributed by atoms with Crippen molar-refractivity contribution in [1.29, 1.82) is 0 Å². The summed E-state index contributed by atoms with van der Waals surface area (Å²) in [6, 6.07) is 17.8. The molecule has 180 valence electrons. The van der Waals surface area contributed by atoms with Crippen LogP contribution in [0.3, 0.4) is 0 Å². The zero-order chi connectivity index (χ0) is 25.1. The second kappa shape index (κ2) is 8.57. The maximum absolute atomic E-state index is 13.4. The molecule has 0 radical (unpaired) electrons. The van der Waals surface area contributed by atoms with Crippen LogP contribution in [-0.4, -0.2) is 27.9 Å². The van der Waals surface area contributed by atoms with E-state index in [2.05, 4.69) is 20.9 Å². The van der Waals surface area contributed by atoms with Crippen molar-refractivity contribution in [3.8, 4) is 5.75 Å². The van der Waals surface area contributed by atoms with E-state index >= 15 is 0 Å². The van der Waals surface area contributed by atoms with Gasteiger partial charge < -0.3 is 9.84 Å². The predicted molar refractivity (Wildman–Crippen MR) is 144 cm³/mol. The second-order valence-electron chi connectivity index (χ2n) is 9.14. The van der Waals surface area contributed by atoms with Gasteiger partial charge in [0.1, 0.15) is 17.6 Å². The summed E-state index contributed by atoms with van der Waals surface area (Å²) >= 11 is 4.80. The van der Waals surface area contributed by atoms with Crippen LogP contribution in [0.5, 0.6) is 5.75 Å². The number of aromatic nitrogens is 1. The lowest BCUT2D eigenvalue weighted by molar-refractivity contribution is -0.132. The number of ether oxygens (including phenoxy) is 1. The fraction of sp³-hybridized carbons (Fsp3) is 0.179. The average molecular weight is 561 g/mol. The Hall–Kier alpha value is -3.49. The number of hydrogen-bond acceptors (Lipinski definition) is 6. The highest BCUT2D eigenvalue weighted by molar-refractivity contribution is 9.10. The van der Waals surface area contributed by atoms with Crippen molar-refractivity contribution in [2.45, 2.75) is 32.4 Å². The standard InChI is InChI=1S/C28H21BrN2O4S/c1-14-3-9-20-22(11-14)36-28(30-20)31-24(16-4-7-19(29)8-5-16)23(26(33)27(31)34)25(32)17-6-10-21-18(13-17)12-15(2)35-21/h3-11,13,15,24,32H,12H2,1-2H3/b25-23+/t15-,24-/m0/s1. The lowest BCUT2D eigenvalue weighted by Crippen LogP contribution is -2.29. The van der Waals surface area contributed by atoms with Crippen molar-refractivity contribution in [3.05, 3.63) is 93.0 Å². The van der Waals surface area contributed by atoms with Crippen molar-refractivity contribution < 1.29 is 19.4 Å². The summed E-state index contributed by atoms with van der Waals surface area (Å²) in [5, 5.41) is 11.9. The fourth-order valence-electron chi connectivity index (χ4n) is 4.84. The van der Waals surface area contributed by atoms with Crippen LogP contribution in [0.4, 0.5) is 5.13 Å². The van der Waals surface area contributed by atoms with Crippen molar-refractivity contribution in [2.75, 3.05) is 4.90 Å². The number of hydrogen-bond donors (Lipinski definition) is 1. The molecule has 6 nitrogen and oxygen atoms in total. The number of aliphatic hydroxyl groups excluding tert-OH is 1. The number of carbonyl (C=O) groups is 2. The number of anilines is 1. The van der Waals surface area contributed by atoms with E-state index in [-0.39, 0.29) is 17.4 Å². The number of aliphatic hydroxyl groups is 1. The summed E-state index contributed by atoms with van der Waals surface area (Å²) in [4.78, 5) is 33.0. The number of carbonyl (C=O) groups excluding carboxylic acids is 2. The third-order valence-corrected chi connectivity index (χ3v) is 8.08. The number of ketones is 1. The van der Waals surface area contributed by atoms with E-state index in [9.17, 15) is 14.7 Å². The van der Waals surface area contributed by atoms with Gasteiger partial charge in [-0.1, -0.05) is 45.5 Å². The van der Waals surface area contributed by atoms with E-state index in [4.69, 9.17) is 4.74 Å². The molecular formula is C28H21BrN2O4S. The Kier molecular flexibility index (Phi) is 5.46. The van der Waals surface area contributed by atoms with Gasteiger partial charge in [-0.05, 0) is 73.0 Å². The molecule has 4 aromatic rings. The Morgan fingerprint density at radius 1 is 1.11 bits per heavy atom. The summed E-state index contributed by atoms with van der Waals surface area (Å²) in [5.74, 6) is -0.879. The average Bonchev–Trinajstić information content (AvgIpc) is 3.51. The molecule has 3 heterocycles. The molecule has 1 aromatic heterocycles. The first-order chi connectivity index (χ1) is 17.3. The normalized spacial score (nSPS) is 20.7. The lowest BCUT2D eigenvalue weighted by Gasteiger charge is -2.23. The van der Waals surface area contributed by atoms with Gasteiger partial charge in [0.2, 0.25) is 0 Å². The van der Waals surface area contributed by atoms with E-state index in [1.165, 1.54) is 16.2 Å². The van der Waals surface area contributed by atoms with Gasteiger partial charge in [0, 0.05) is 16.5 Å². The molecule has 0 aliphatic carbocycles. The van der Waals surface area contributed by atoms with Crippen LogP contribution in [0, 0.1) is 6.92 Å². The highest BCUT2D eigenvalue weighted by atomic mass is 79.9. The van der Waals surface area contributed by atoms with Gasteiger partial charge in [-0.25, -0.2) is 4.98 Å². The first kappa shape index (κ1) is 22.9. The number of Topliss-reactive ketones (excluding diaryl/α,β-unsaturated/α-hetero) is 1. The minimum absolute atomic E-state index is 0.0460. The molecule has 0 unspecified atom stereocenters. The van der Waals surface area contributed by atoms with E-state index in [1.807, 2.05) is 62.4 Å². The van der Waals surface area contributed by atoms with Crippen LogP contribution in [0.1, 0.15) is 35.2 Å². The van der Waals surface area contributed by atoms with Crippen LogP contribution >= 0.6 is 27.3 Å². The number of rotatable bonds is 3. The molecule has 8 heteroatoms.